The van der Waals surface area contributed by atoms with Gasteiger partial charge < -0.3 is 15.2 Å². The summed E-state index contributed by atoms with van der Waals surface area (Å²) >= 11 is 0. The maximum atomic E-state index is 9.14. The third-order valence-corrected chi connectivity index (χ3v) is 2.14. The van der Waals surface area contributed by atoms with Crippen LogP contribution in [0.15, 0.2) is 30.4 Å². The molecule has 0 aliphatic heterocycles. The molecule has 0 aliphatic rings. The van der Waals surface area contributed by atoms with Crippen molar-refractivity contribution in [3.63, 3.8) is 0 Å². The van der Waals surface area contributed by atoms with Crippen molar-refractivity contribution in [3.05, 3.63) is 36.1 Å². The predicted molar refractivity (Wildman–Crippen MR) is 66.7 cm³/mol. The van der Waals surface area contributed by atoms with E-state index in [1.807, 2.05) is 26.1 Å². The first-order valence-corrected chi connectivity index (χ1v) is 5.44. The Bertz CT molecular complexity index is 396. The number of hydrogen-bond donors (Lipinski definition) is 2. The van der Waals surface area contributed by atoms with E-state index < -0.39 is 0 Å². The summed E-state index contributed by atoms with van der Waals surface area (Å²) in [6.07, 6.45) is 3.60. The average Bonchev–Trinajstić information content (AvgIpc) is 2.70. The second-order valence-corrected chi connectivity index (χ2v) is 3.68. The molecule has 0 unspecified atom stereocenters. The van der Waals surface area contributed by atoms with Gasteiger partial charge in [0.25, 0.3) is 0 Å². The van der Waals surface area contributed by atoms with Crippen molar-refractivity contribution in [2.24, 2.45) is 0 Å². The number of allylic oxidation sites excluding steroid dienone is 2. The number of ether oxygens (including phenoxy) is 1. The molecule has 1 aromatic rings. The molecule has 0 aliphatic carbocycles. The summed E-state index contributed by atoms with van der Waals surface area (Å²) in [6.45, 7) is 6.48. The van der Waals surface area contributed by atoms with Crippen LogP contribution in [0.4, 0.5) is 0 Å². The van der Waals surface area contributed by atoms with Crippen LogP contribution < -0.4 is 10.1 Å². The molecule has 0 amide bonds. The summed E-state index contributed by atoms with van der Waals surface area (Å²) in [5.41, 5.74) is 1.89. The Morgan fingerprint density at radius 2 is 2.47 bits per heavy atom. The van der Waals surface area contributed by atoms with Crippen molar-refractivity contribution in [2.45, 2.75) is 20.2 Å². The molecule has 0 fully saturated rings. The van der Waals surface area contributed by atoms with E-state index in [2.05, 4.69) is 17.0 Å². The molecule has 1 heterocycles. The lowest BCUT2D eigenvalue weighted by molar-refractivity contribution is 0.173. The Morgan fingerprint density at radius 3 is 3.06 bits per heavy atom. The van der Waals surface area contributed by atoms with Gasteiger partial charge in [-0.1, -0.05) is 18.7 Å². The Balaban J connectivity index is 2.68. The fourth-order valence-corrected chi connectivity index (χ4v) is 1.37. The van der Waals surface area contributed by atoms with Gasteiger partial charge >= 0.3 is 0 Å². The van der Waals surface area contributed by atoms with Crippen LogP contribution in [0.1, 0.15) is 12.6 Å². The maximum Gasteiger partial charge on any atom is 0.214 e. The summed E-state index contributed by atoms with van der Waals surface area (Å²) in [4.78, 5) is 0. The molecule has 0 radical (unpaired) electrons. The average molecular weight is 237 g/mol. The number of rotatable bonds is 7. The Morgan fingerprint density at radius 1 is 1.71 bits per heavy atom. The minimum Gasteiger partial charge on any atom is -0.473 e. The van der Waals surface area contributed by atoms with Crippen molar-refractivity contribution < 1.29 is 9.84 Å². The third kappa shape index (κ3) is 4.05. The Kier molecular flexibility index (Phi) is 5.45. The van der Waals surface area contributed by atoms with Crippen LogP contribution in [0, 0.1) is 0 Å². The Hall–Kier alpha value is -1.59. The first-order valence-electron chi connectivity index (χ1n) is 5.44. The van der Waals surface area contributed by atoms with Crippen LogP contribution in [-0.4, -0.2) is 28.5 Å². The number of nitrogens with one attached hydrogen (secondary N) is 1. The van der Waals surface area contributed by atoms with Gasteiger partial charge in [0.05, 0.1) is 5.69 Å². The molecule has 17 heavy (non-hydrogen) atoms. The zero-order chi connectivity index (χ0) is 12.7. The van der Waals surface area contributed by atoms with E-state index in [0.29, 0.717) is 19.0 Å². The number of aromatic nitrogens is 2. The van der Waals surface area contributed by atoms with Crippen molar-refractivity contribution in [3.8, 4) is 5.88 Å². The molecule has 0 bridgehead atoms. The topological polar surface area (TPSA) is 59.3 Å². The lowest BCUT2D eigenvalue weighted by atomic mass is 10.3. The molecular weight excluding hydrogens is 218 g/mol. The number of hydrogen-bond acceptors (Lipinski definition) is 4. The number of aliphatic hydroxyl groups excluding tert-OH is 1. The normalized spacial score (nSPS) is 11.6. The summed E-state index contributed by atoms with van der Waals surface area (Å²) in [6, 6.07) is 1.81. The van der Waals surface area contributed by atoms with Crippen molar-refractivity contribution in [1.82, 2.24) is 15.1 Å². The van der Waals surface area contributed by atoms with E-state index in [1.54, 1.807) is 6.08 Å². The summed E-state index contributed by atoms with van der Waals surface area (Å²) in [5, 5.41) is 16.3. The largest absolute Gasteiger partial charge is 0.473 e. The van der Waals surface area contributed by atoms with Crippen LogP contribution in [0.2, 0.25) is 0 Å². The first-order chi connectivity index (χ1) is 8.21. The van der Waals surface area contributed by atoms with Crippen LogP contribution in [0.25, 0.3) is 0 Å². The van der Waals surface area contributed by atoms with E-state index >= 15 is 0 Å². The number of aliphatic hydroxyl groups is 1. The molecule has 0 spiro atoms. The molecule has 0 aromatic carbocycles. The van der Waals surface area contributed by atoms with E-state index in [-0.39, 0.29) is 6.73 Å². The van der Waals surface area contributed by atoms with Gasteiger partial charge in [-0.2, -0.15) is 5.10 Å². The molecule has 0 saturated carbocycles. The molecule has 0 saturated heterocycles. The molecule has 0 atom stereocenters. The smallest absolute Gasteiger partial charge is 0.214 e. The van der Waals surface area contributed by atoms with Gasteiger partial charge in [-0.25, -0.2) is 4.68 Å². The van der Waals surface area contributed by atoms with Gasteiger partial charge in [0.1, 0.15) is 13.3 Å². The Labute approximate surface area is 101 Å². The van der Waals surface area contributed by atoms with Crippen LogP contribution >= 0.6 is 0 Å². The predicted octanol–water partition coefficient (Wildman–Crippen LogP) is 1.06. The van der Waals surface area contributed by atoms with Gasteiger partial charge in [0.2, 0.25) is 5.88 Å². The maximum absolute atomic E-state index is 9.14. The summed E-state index contributed by atoms with van der Waals surface area (Å²) in [7, 11) is 1.84. The SMILES string of the molecule is C=C/C=C(\C)COc1cc(CNC)nn1CO. The van der Waals surface area contributed by atoms with Crippen LogP contribution in [-0.2, 0) is 13.3 Å². The minimum atomic E-state index is -0.191. The molecule has 1 aromatic heterocycles. The zero-order valence-electron chi connectivity index (χ0n) is 10.3. The monoisotopic (exact) mass is 237 g/mol. The molecule has 2 N–H and O–H groups in total. The van der Waals surface area contributed by atoms with Gasteiger partial charge in [-0.05, 0) is 19.5 Å². The van der Waals surface area contributed by atoms with Gasteiger partial charge in [-0.3, -0.25) is 0 Å². The minimum absolute atomic E-state index is 0.191. The zero-order valence-corrected chi connectivity index (χ0v) is 10.3. The highest BCUT2D eigenvalue weighted by molar-refractivity contribution is 5.17. The molecule has 5 nitrogen and oxygen atoms in total. The van der Waals surface area contributed by atoms with E-state index in [0.717, 1.165) is 11.3 Å². The third-order valence-electron chi connectivity index (χ3n) is 2.14. The van der Waals surface area contributed by atoms with E-state index in [4.69, 9.17) is 9.84 Å². The highest BCUT2D eigenvalue weighted by Crippen LogP contribution is 2.14. The molecule has 1 rings (SSSR count). The van der Waals surface area contributed by atoms with Crippen molar-refractivity contribution in [2.75, 3.05) is 13.7 Å². The fraction of sp³-hybridized carbons (Fsp3) is 0.417. The molecule has 5 heteroatoms. The quantitative estimate of drug-likeness (QED) is 0.696. The second kappa shape index (κ2) is 6.88. The van der Waals surface area contributed by atoms with Gasteiger partial charge in [0.15, 0.2) is 0 Å². The lowest BCUT2D eigenvalue weighted by Gasteiger charge is -2.06. The summed E-state index contributed by atoms with van der Waals surface area (Å²) in [5.74, 6) is 0.564. The standard InChI is InChI=1S/C12H19N3O2/c1-4-5-10(2)8-17-12-6-11(7-13-3)14-15(12)9-16/h4-6,13,16H,1,7-9H2,2-3H3/b10-5+. The van der Waals surface area contributed by atoms with Crippen molar-refractivity contribution >= 4 is 0 Å². The molecule has 94 valence electrons. The highest BCUT2D eigenvalue weighted by Gasteiger charge is 2.07. The fourth-order valence-electron chi connectivity index (χ4n) is 1.37. The van der Waals surface area contributed by atoms with Gasteiger partial charge in [-0.15, -0.1) is 0 Å². The highest BCUT2D eigenvalue weighted by atomic mass is 16.5. The van der Waals surface area contributed by atoms with E-state index in [1.165, 1.54) is 4.68 Å². The number of nitrogens with zero attached hydrogens (tertiary/aromatic N) is 2. The first kappa shape index (κ1) is 13.5. The van der Waals surface area contributed by atoms with Crippen LogP contribution in [0.5, 0.6) is 5.88 Å². The van der Waals surface area contributed by atoms with Crippen molar-refractivity contribution in [1.29, 1.82) is 0 Å². The second-order valence-electron chi connectivity index (χ2n) is 3.68. The lowest BCUT2D eigenvalue weighted by Crippen LogP contribution is -2.08. The van der Waals surface area contributed by atoms with E-state index in [9.17, 15) is 0 Å². The summed E-state index contributed by atoms with van der Waals surface area (Å²) < 4.78 is 6.99. The molecular formula is C12H19N3O2. The van der Waals surface area contributed by atoms with Crippen LogP contribution in [0.3, 0.4) is 0 Å². The van der Waals surface area contributed by atoms with Gasteiger partial charge in [0, 0.05) is 12.6 Å².